The van der Waals surface area contributed by atoms with Crippen molar-refractivity contribution in [2.24, 2.45) is 17.6 Å². The third-order valence-corrected chi connectivity index (χ3v) is 3.40. The van der Waals surface area contributed by atoms with Gasteiger partial charge in [-0.15, -0.1) is 0 Å². The van der Waals surface area contributed by atoms with E-state index in [1.54, 1.807) is 0 Å². The number of esters is 1. The van der Waals surface area contributed by atoms with Gasteiger partial charge >= 0.3 is 5.97 Å². The Balaban J connectivity index is 1.71. The summed E-state index contributed by atoms with van der Waals surface area (Å²) in [6.45, 7) is 1.89. The molecule has 2 N–H and O–H groups in total. The van der Waals surface area contributed by atoms with Crippen molar-refractivity contribution in [2.75, 3.05) is 19.8 Å². The Morgan fingerprint density at radius 1 is 1.27 bits per heavy atom. The third kappa shape index (κ3) is 2.69. The fraction of sp³-hybridized carbons (Fsp3) is 0.909. The van der Waals surface area contributed by atoms with Gasteiger partial charge in [0.05, 0.1) is 19.1 Å². The number of hydrogen-bond donors (Lipinski definition) is 1. The molecule has 4 heteroatoms. The lowest BCUT2D eigenvalue weighted by atomic mass is 9.82. The molecule has 1 heterocycles. The summed E-state index contributed by atoms with van der Waals surface area (Å²) in [7, 11) is 0. The topological polar surface area (TPSA) is 61.6 Å². The molecule has 0 aromatic carbocycles. The monoisotopic (exact) mass is 213 g/mol. The van der Waals surface area contributed by atoms with Crippen LogP contribution in [0.4, 0.5) is 0 Å². The van der Waals surface area contributed by atoms with Gasteiger partial charge in [-0.1, -0.05) is 0 Å². The van der Waals surface area contributed by atoms with Crippen LogP contribution >= 0.6 is 0 Å². The lowest BCUT2D eigenvalue weighted by molar-refractivity contribution is -0.177. The second-order valence-corrected chi connectivity index (χ2v) is 4.55. The van der Waals surface area contributed by atoms with Gasteiger partial charge in [-0.05, 0) is 38.1 Å². The van der Waals surface area contributed by atoms with Crippen LogP contribution in [0.2, 0.25) is 0 Å². The summed E-state index contributed by atoms with van der Waals surface area (Å²) in [5, 5.41) is 0. The van der Waals surface area contributed by atoms with Crippen molar-refractivity contribution in [2.45, 2.75) is 31.8 Å². The molecule has 0 unspecified atom stereocenters. The molecule has 1 saturated carbocycles. The van der Waals surface area contributed by atoms with E-state index in [4.69, 9.17) is 15.2 Å². The van der Waals surface area contributed by atoms with Crippen molar-refractivity contribution < 1.29 is 14.3 Å². The highest BCUT2D eigenvalue weighted by Gasteiger charge is 2.30. The summed E-state index contributed by atoms with van der Waals surface area (Å²) < 4.78 is 10.3. The Kier molecular flexibility index (Phi) is 3.59. The van der Waals surface area contributed by atoms with E-state index in [0.717, 1.165) is 32.2 Å². The molecular weight excluding hydrogens is 194 g/mol. The van der Waals surface area contributed by atoms with E-state index in [1.807, 2.05) is 0 Å². The SMILES string of the molecule is NCC1CCC(C(=O)OC2COC2)CC1. The normalized spacial score (nSPS) is 32.1. The second-order valence-electron chi connectivity index (χ2n) is 4.55. The van der Waals surface area contributed by atoms with E-state index in [9.17, 15) is 4.79 Å². The van der Waals surface area contributed by atoms with Crippen LogP contribution in [0.1, 0.15) is 25.7 Å². The molecule has 2 aliphatic rings. The van der Waals surface area contributed by atoms with E-state index >= 15 is 0 Å². The van der Waals surface area contributed by atoms with E-state index in [1.165, 1.54) is 0 Å². The van der Waals surface area contributed by atoms with Crippen LogP contribution in [0.15, 0.2) is 0 Å². The van der Waals surface area contributed by atoms with Crippen molar-refractivity contribution in [1.29, 1.82) is 0 Å². The average Bonchev–Trinajstić information content (AvgIpc) is 2.23. The van der Waals surface area contributed by atoms with Gasteiger partial charge < -0.3 is 15.2 Å². The van der Waals surface area contributed by atoms with Gasteiger partial charge in [0.25, 0.3) is 0 Å². The summed E-state index contributed by atoms with van der Waals surface area (Å²) in [5.74, 6) is 0.688. The Morgan fingerprint density at radius 2 is 1.93 bits per heavy atom. The van der Waals surface area contributed by atoms with E-state index in [0.29, 0.717) is 19.1 Å². The maximum atomic E-state index is 11.7. The van der Waals surface area contributed by atoms with Gasteiger partial charge in [0.1, 0.15) is 6.10 Å². The van der Waals surface area contributed by atoms with Gasteiger partial charge in [0.15, 0.2) is 0 Å². The molecule has 86 valence electrons. The molecule has 2 fully saturated rings. The minimum atomic E-state index is -0.0289. The number of hydrogen-bond acceptors (Lipinski definition) is 4. The van der Waals surface area contributed by atoms with Crippen molar-refractivity contribution in [1.82, 2.24) is 0 Å². The van der Waals surface area contributed by atoms with Crippen LogP contribution < -0.4 is 5.73 Å². The standard InChI is InChI=1S/C11H19NO3/c12-5-8-1-3-9(4-2-8)11(13)15-10-6-14-7-10/h8-10H,1-7,12H2. The van der Waals surface area contributed by atoms with Gasteiger partial charge in [-0.25, -0.2) is 0 Å². The zero-order valence-electron chi connectivity index (χ0n) is 8.98. The first-order valence-electron chi connectivity index (χ1n) is 5.78. The predicted octanol–water partition coefficient (Wildman–Crippen LogP) is 0.694. The van der Waals surface area contributed by atoms with Gasteiger partial charge in [0.2, 0.25) is 0 Å². The number of ether oxygens (including phenoxy) is 2. The first kappa shape index (κ1) is 10.9. The summed E-state index contributed by atoms with van der Waals surface area (Å²) in [6.07, 6.45) is 4.03. The lowest BCUT2D eigenvalue weighted by Crippen LogP contribution is -2.40. The van der Waals surface area contributed by atoms with Crippen LogP contribution in [0, 0.1) is 11.8 Å². The zero-order chi connectivity index (χ0) is 10.7. The van der Waals surface area contributed by atoms with Crippen molar-refractivity contribution in [3.05, 3.63) is 0 Å². The molecule has 4 nitrogen and oxygen atoms in total. The largest absolute Gasteiger partial charge is 0.457 e. The van der Waals surface area contributed by atoms with E-state index in [-0.39, 0.29) is 18.0 Å². The Hall–Kier alpha value is -0.610. The zero-order valence-corrected chi connectivity index (χ0v) is 8.98. The van der Waals surface area contributed by atoms with Crippen LogP contribution in [0.25, 0.3) is 0 Å². The lowest BCUT2D eigenvalue weighted by Gasteiger charge is -2.30. The molecule has 1 aliphatic carbocycles. The fourth-order valence-corrected chi connectivity index (χ4v) is 2.18. The Labute approximate surface area is 90.1 Å². The molecule has 0 radical (unpaired) electrons. The molecule has 0 aromatic heterocycles. The fourth-order valence-electron chi connectivity index (χ4n) is 2.18. The smallest absolute Gasteiger partial charge is 0.309 e. The Bertz CT molecular complexity index is 220. The van der Waals surface area contributed by atoms with Crippen molar-refractivity contribution >= 4 is 5.97 Å². The van der Waals surface area contributed by atoms with Crippen LogP contribution in [-0.2, 0) is 14.3 Å². The molecule has 0 amide bonds. The molecule has 0 bridgehead atoms. The maximum absolute atomic E-state index is 11.7. The van der Waals surface area contributed by atoms with E-state index in [2.05, 4.69) is 0 Å². The summed E-state index contributed by atoms with van der Waals surface area (Å²) in [5.41, 5.74) is 5.60. The summed E-state index contributed by atoms with van der Waals surface area (Å²) in [4.78, 5) is 11.7. The first-order chi connectivity index (χ1) is 7.29. The minimum Gasteiger partial charge on any atom is -0.457 e. The van der Waals surface area contributed by atoms with Crippen LogP contribution in [0.3, 0.4) is 0 Å². The molecule has 0 atom stereocenters. The molecule has 15 heavy (non-hydrogen) atoms. The number of rotatable bonds is 3. The summed E-state index contributed by atoms with van der Waals surface area (Å²) >= 11 is 0. The molecule has 1 saturated heterocycles. The maximum Gasteiger partial charge on any atom is 0.309 e. The molecule has 0 spiro atoms. The van der Waals surface area contributed by atoms with Crippen LogP contribution in [0.5, 0.6) is 0 Å². The highest BCUT2D eigenvalue weighted by Crippen LogP contribution is 2.29. The Morgan fingerprint density at radius 3 is 2.40 bits per heavy atom. The molecule has 1 aliphatic heterocycles. The molecule has 2 rings (SSSR count). The average molecular weight is 213 g/mol. The predicted molar refractivity (Wildman–Crippen MR) is 55.2 cm³/mol. The number of carbonyl (C=O) groups excluding carboxylic acids is 1. The third-order valence-electron chi connectivity index (χ3n) is 3.40. The quantitative estimate of drug-likeness (QED) is 0.701. The van der Waals surface area contributed by atoms with Gasteiger partial charge in [-0.3, -0.25) is 4.79 Å². The van der Waals surface area contributed by atoms with Crippen LogP contribution in [-0.4, -0.2) is 31.8 Å². The molecule has 0 aromatic rings. The minimum absolute atomic E-state index is 0.0183. The number of nitrogens with two attached hydrogens (primary N) is 1. The van der Waals surface area contributed by atoms with E-state index < -0.39 is 0 Å². The molecular formula is C11H19NO3. The van der Waals surface area contributed by atoms with Gasteiger partial charge in [-0.2, -0.15) is 0 Å². The van der Waals surface area contributed by atoms with Gasteiger partial charge in [0, 0.05) is 0 Å². The van der Waals surface area contributed by atoms with Crippen molar-refractivity contribution in [3.63, 3.8) is 0 Å². The first-order valence-corrected chi connectivity index (χ1v) is 5.78. The van der Waals surface area contributed by atoms with Crippen molar-refractivity contribution in [3.8, 4) is 0 Å². The number of carbonyl (C=O) groups is 1. The highest BCUT2D eigenvalue weighted by molar-refractivity contribution is 5.72. The second kappa shape index (κ2) is 4.94. The highest BCUT2D eigenvalue weighted by atomic mass is 16.6. The summed E-state index contributed by atoms with van der Waals surface area (Å²) in [6, 6.07) is 0.